The molecule has 21 heavy (non-hydrogen) atoms. The standard InChI is InChI=1S/C16H23N3O2/c1-11(13-4-3-5-14(17)10-13)16(21)19-8-6-15(7-9-19)18-12(2)20/h3-5,10-11,15H,6-9,17H2,1-2H3,(H,18,20). The van der Waals surface area contributed by atoms with Crippen molar-refractivity contribution in [2.45, 2.75) is 38.6 Å². The molecule has 1 unspecified atom stereocenters. The number of amides is 2. The van der Waals surface area contributed by atoms with E-state index in [2.05, 4.69) is 5.32 Å². The minimum absolute atomic E-state index is 0.00657. The van der Waals surface area contributed by atoms with Gasteiger partial charge in [0.1, 0.15) is 0 Å². The molecule has 1 fully saturated rings. The molecule has 114 valence electrons. The van der Waals surface area contributed by atoms with E-state index in [1.165, 1.54) is 6.92 Å². The zero-order valence-corrected chi connectivity index (χ0v) is 12.6. The lowest BCUT2D eigenvalue weighted by atomic mass is 9.97. The molecule has 1 aliphatic rings. The maximum Gasteiger partial charge on any atom is 0.229 e. The molecule has 2 amide bonds. The fraction of sp³-hybridized carbons (Fsp3) is 0.500. The van der Waals surface area contributed by atoms with Crippen molar-refractivity contribution in [2.24, 2.45) is 0 Å². The molecule has 1 heterocycles. The van der Waals surface area contributed by atoms with Gasteiger partial charge in [0.15, 0.2) is 0 Å². The lowest BCUT2D eigenvalue weighted by Gasteiger charge is -2.33. The number of nitrogens with one attached hydrogen (secondary N) is 1. The van der Waals surface area contributed by atoms with Crippen LogP contribution in [0.4, 0.5) is 5.69 Å². The van der Waals surface area contributed by atoms with Gasteiger partial charge in [-0.05, 0) is 37.5 Å². The lowest BCUT2D eigenvalue weighted by molar-refractivity contribution is -0.133. The fourth-order valence-corrected chi connectivity index (χ4v) is 2.78. The highest BCUT2D eigenvalue weighted by atomic mass is 16.2. The maximum atomic E-state index is 12.5. The Hall–Kier alpha value is -2.04. The van der Waals surface area contributed by atoms with Crippen LogP contribution >= 0.6 is 0 Å². The van der Waals surface area contributed by atoms with E-state index in [0.717, 1.165) is 18.4 Å². The average molecular weight is 289 g/mol. The minimum atomic E-state index is -0.189. The second-order valence-electron chi connectivity index (χ2n) is 5.69. The van der Waals surface area contributed by atoms with Gasteiger partial charge in [-0.3, -0.25) is 9.59 Å². The zero-order chi connectivity index (χ0) is 15.4. The molecular weight excluding hydrogens is 266 g/mol. The van der Waals surface area contributed by atoms with Crippen molar-refractivity contribution in [2.75, 3.05) is 18.8 Å². The summed E-state index contributed by atoms with van der Waals surface area (Å²) in [6.07, 6.45) is 1.63. The van der Waals surface area contributed by atoms with Crippen molar-refractivity contribution >= 4 is 17.5 Å². The van der Waals surface area contributed by atoms with Gasteiger partial charge in [-0.25, -0.2) is 0 Å². The normalized spacial score (nSPS) is 17.3. The summed E-state index contributed by atoms with van der Waals surface area (Å²) in [5.41, 5.74) is 7.40. The first kappa shape index (κ1) is 15.4. The van der Waals surface area contributed by atoms with Gasteiger partial charge in [-0.15, -0.1) is 0 Å². The van der Waals surface area contributed by atoms with Gasteiger partial charge in [0.05, 0.1) is 5.92 Å². The maximum absolute atomic E-state index is 12.5. The molecule has 0 aliphatic carbocycles. The van der Waals surface area contributed by atoms with Crippen LogP contribution < -0.4 is 11.1 Å². The summed E-state index contributed by atoms with van der Waals surface area (Å²) >= 11 is 0. The summed E-state index contributed by atoms with van der Waals surface area (Å²) < 4.78 is 0. The Morgan fingerprint density at radius 2 is 2.00 bits per heavy atom. The molecular formula is C16H23N3O2. The number of benzene rings is 1. The lowest BCUT2D eigenvalue weighted by Crippen LogP contribution is -2.47. The largest absolute Gasteiger partial charge is 0.399 e. The van der Waals surface area contributed by atoms with E-state index < -0.39 is 0 Å². The summed E-state index contributed by atoms with van der Waals surface area (Å²) in [6, 6.07) is 7.67. The SMILES string of the molecule is CC(=O)NC1CCN(C(=O)C(C)c2cccc(N)c2)CC1. The predicted molar refractivity (Wildman–Crippen MR) is 82.7 cm³/mol. The molecule has 3 N–H and O–H groups in total. The van der Waals surface area contributed by atoms with Crippen LogP contribution in [0.15, 0.2) is 24.3 Å². The molecule has 1 aromatic rings. The van der Waals surface area contributed by atoms with E-state index in [4.69, 9.17) is 5.73 Å². The van der Waals surface area contributed by atoms with E-state index in [-0.39, 0.29) is 23.8 Å². The third-order valence-corrected chi connectivity index (χ3v) is 4.00. The number of carbonyl (C=O) groups is 2. The first-order chi connectivity index (χ1) is 9.97. The van der Waals surface area contributed by atoms with Gasteiger partial charge < -0.3 is 16.0 Å². The first-order valence-electron chi connectivity index (χ1n) is 7.38. The van der Waals surface area contributed by atoms with Crippen LogP contribution in [-0.2, 0) is 9.59 Å². The second-order valence-corrected chi connectivity index (χ2v) is 5.69. The third-order valence-electron chi connectivity index (χ3n) is 4.00. The van der Waals surface area contributed by atoms with Gasteiger partial charge in [0.2, 0.25) is 11.8 Å². The quantitative estimate of drug-likeness (QED) is 0.828. The Kier molecular flexibility index (Phi) is 4.83. The first-order valence-corrected chi connectivity index (χ1v) is 7.38. The Labute approximate surface area is 125 Å². The molecule has 5 nitrogen and oxygen atoms in total. The van der Waals surface area contributed by atoms with E-state index in [9.17, 15) is 9.59 Å². The van der Waals surface area contributed by atoms with E-state index >= 15 is 0 Å². The van der Waals surface area contributed by atoms with Crippen molar-refractivity contribution in [1.29, 1.82) is 0 Å². The minimum Gasteiger partial charge on any atom is -0.399 e. The molecule has 1 aliphatic heterocycles. The highest BCUT2D eigenvalue weighted by Crippen LogP contribution is 2.22. The summed E-state index contributed by atoms with van der Waals surface area (Å²) in [5.74, 6) is -0.0689. The highest BCUT2D eigenvalue weighted by Gasteiger charge is 2.27. The molecule has 0 radical (unpaired) electrons. The summed E-state index contributed by atoms with van der Waals surface area (Å²) in [7, 11) is 0. The Balaban J connectivity index is 1.94. The number of likely N-dealkylation sites (tertiary alicyclic amines) is 1. The topological polar surface area (TPSA) is 75.4 Å². The number of nitrogen functional groups attached to an aromatic ring is 1. The molecule has 1 saturated heterocycles. The van der Waals surface area contributed by atoms with Crippen molar-refractivity contribution in [3.05, 3.63) is 29.8 Å². The van der Waals surface area contributed by atoms with Gasteiger partial charge >= 0.3 is 0 Å². The number of hydrogen-bond donors (Lipinski definition) is 2. The zero-order valence-electron chi connectivity index (χ0n) is 12.6. The Morgan fingerprint density at radius 1 is 1.33 bits per heavy atom. The molecule has 0 spiro atoms. The van der Waals surface area contributed by atoms with Gasteiger partial charge in [-0.2, -0.15) is 0 Å². The van der Waals surface area contributed by atoms with Crippen molar-refractivity contribution in [1.82, 2.24) is 10.2 Å². The van der Waals surface area contributed by atoms with Crippen LogP contribution in [0.5, 0.6) is 0 Å². The molecule has 2 rings (SSSR count). The molecule has 0 aromatic heterocycles. The summed E-state index contributed by atoms with van der Waals surface area (Å²) in [4.78, 5) is 25.5. The average Bonchev–Trinajstić information content (AvgIpc) is 2.46. The summed E-state index contributed by atoms with van der Waals surface area (Å²) in [6.45, 7) is 4.82. The fourth-order valence-electron chi connectivity index (χ4n) is 2.78. The predicted octanol–water partition coefficient (Wildman–Crippen LogP) is 1.50. The van der Waals surface area contributed by atoms with Gasteiger partial charge in [0.25, 0.3) is 0 Å². The smallest absolute Gasteiger partial charge is 0.229 e. The second kappa shape index (κ2) is 6.61. The van der Waals surface area contributed by atoms with Crippen LogP contribution in [-0.4, -0.2) is 35.8 Å². The van der Waals surface area contributed by atoms with E-state index in [1.807, 2.05) is 36.1 Å². The van der Waals surface area contributed by atoms with Crippen LogP contribution in [0.3, 0.4) is 0 Å². The van der Waals surface area contributed by atoms with Crippen LogP contribution in [0.1, 0.15) is 38.2 Å². The van der Waals surface area contributed by atoms with Crippen molar-refractivity contribution in [3.8, 4) is 0 Å². The number of hydrogen-bond acceptors (Lipinski definition) is 3. The monoisotopic (exact) mass is 289 g/mol. The Morgan fingerprint density at radius 3 is 2.57 bits per heavy atom. The molecule has 0 saturated carbocycles. The number of carbonyl (C=O) groups excluding carboxylic acids is 2. The van der Waals surface area contributed by atoms with Gasteiger partial charge in [-0.1, -0.05) is 12.1 Å². The molecule has 1 aromatic carbocycles. The number of anilines is 1. The number of rotatable bonds is 3. The third kappa shape index (κ3) is 3.97. The molecule has 1 atom stereocenters. The van der Waals surface area contributed by atoms with E-state index in [1.54, 1.807) is 0 Å². The van der Waals surface area contributed by atoms with Crippen molar-refractivity contribution < 1.29 is 9.59 Å². The van der Waals surface area contributed by atoms with E-state index in [0.29, 0.717) is 18.8 Å². The number of nitrogens with two attached hydrogens (primary N) is 1. The molecule has 0 bridgehead atoms. The summed E-state index contributed by atoms with van der Waals surface area (Å²) in [5, 5.41) is 2.92. The van der Waals surface area contributed by atoms with Crippen LogP contribution in [0, 0.1) is 0 Å². The molecule has 5 heteroatoms. The van der Waals surface area contributed by atoms with Crippen LogP contribution in [0.2, 0.25) is 0 Å². The van der Waals surface area contributed by atoms with Gasteiger partial charge in [0, 0.05) is 31.7 Å². The van der Waals surface area contributed by atoms with Crippen molar-refractivity contribution in [3.63, 3.8) is 0 Å². The highest BCUT2D eigenvalue weighted by molar-refractivity contribution is 5.83. The number of nitrogens with zero attached hydrogens (tertiary/aromatic N) is 1. The van der Waals surface area contributed by atoms with Crippen LogP contribution in [0.25, 0.3) is 0 Å². The number of piperidine rings is 1. The Bertz CT molecular complexity index is 522.